The third-order valence-corrected chi connectivity index (χ3v) is 4.80. The van der Waals surface area contributed by atoms with Crippen LogP contribution >= 0.6 is 0 Å². The van der Waals surface area contributed by atoms with Crippen LogP contribution in [0, 0.1) is 0 Å². The predicted molar refractivity (Wildman–Crippen MR) is 98.7 cm³/mol. The maximum absolute atomic E-state index is 12.1. The van der Waals surface area contributed by atoms with E-state index in [4.69, 9.17) is 4.52 Å². The molecule has 2 aromatic heterocycles. The van der Waals surface area contributed by atoms with Crippen LogP contribution in [-0.2, 0) is 21.5 Å². The molecule has 1 aliphatic carbocycles. The molecule has 0 spiro atoms. The molecular formula is C19H25N5O3. The third-order valence-electron chi connectivity index (χ3n) is 4.80. The largest absolute Gasteiger partial charge is 0.343 e. The molecule has 144 valence electrons. The van der Waals surface area contributed by atoms with Crippen molar-refractivity contribution in [2.45, 2.75) is 63.8 Å². The molecule has 1 aliphatic rings. The number of carbonyl (C=O) groups is 2. The van der Waals surface area contributed by atoms with Crippen molar-refractivity contribution in [1.29, 1.82) is 0 Å². The Kier molecular flexibility index (Phi) is 6.16. The summed E-state index contributed by atoms with van der Waals surface area (Å²) in [7, 11) is 0. The van der Waals surface area contributed by atoms with E-state index in [1.165, 1.54) is 6.92 Å². The molecule has 0 atom stereocenters. The van der Waals surface area contributed by atoms with Crippen LogP contribution in [0.1, 0.15) is 63.6 Å². The maximum Gasteiger partial charge on any atom is 0.227 e. The highest BCUT2D eigenvalue weighted by Crippen LogP contribution is 2.34. The zero-order valence-corrected chi connectivity index (χ0v) is 15.5. The monoisotopic (exact) mass is 371 g/mol. The summed E-state index contributed by atoms with van der Waals surface area (Å²) in [6.07, 6.45) is 9.72. The second-order valence-electron chi connectivity index (χ2n) is 6.97. The summed E-state index contributed by atoms with van der Waals surface area (Å²) >= 11 is 0. The number of rotatable bonds is 6. The first-order valence-corrected chi connectivity index (χ1v) is 9.39. The average molecular weight is 371 g/mol. The van der Waals surface area contributed by atoms with E-state index in [1.807, 2.05) is 0 Å². The SMILES string of the molecule is CC(=O)NC1(c2noc(CCC(=O)Nc3ccncc3)n2)CCCCCC1. The minimum absolute atomic E-state index is 0.0972. The normalized spacial score (nSPS) is 16.3. The van der Waals surface area contributed by atoms with E-state index in [0.717, 1.165) is 38.5 Å². The number of nitrogens with zero attached hydrogens (tertiary/aromatic N) is 3. The summed E-state index contributed by atoms with van der Waals surface area (Å²) in [5, 5.41) is 9.98. The van der Waals surface area contributed by atoms with Crippen LogP contribution in [0.2, 0.25) is 0 Å². The lowest BCUT2D eigenvalue weighted by Crippen LogP contribution is -2.45. The number of aromatic nitrogens is 3. The van der Waals surface area contributed by atoms with E-state index in [9.17, 15) is 9.59 Å². The van der Waals surface area contributed by atoms with Gasteiger partial charge in [-0.1, -0.05) is 30.8 Å². The van der Waals surface area contributed by atoms with Crippen LogP contribution in [0.4, 0.5) is 5.69 Å². The van der Waals surface area contributed by atoms with Gasteiger partial charge in [0.1, 0.15) is 5.54 Å². The third kappa shape index (κ3) is 5.12. The average Bonchev–Trinajstić information content (AvgIpc) is 3.01. The highest BCUT2D eigenvalue weighted by molar-refractivity contribution is 5.90. The second kappa shape index (κ2) is 8.75. The van der Waals surface area contributed by atoms with Crippen molar-refractivity contribution in [2.75, 3.05) is 5.32 Å². The van der Waals surface area contributed by atoms with Gasteiger partial charge in [-0.05, 0) is 25.0 Å². The zero-order chi connectivity index (χ0) is 19.1. The van der Waals surface area contributed by atoms with Gasteiger partial charge in [0.2, 0.25) is 17.7 Å². The molecule has 0 aliphatic heterocycles. The number of nitrogens with one attached hydrogen (secondary N) is 2. The lowest BCUT2D eigenvalue weighted by molar-refractivity contribution is -0.121. The molecule has 2 heterocycles. The fourth-order valence-electron chi connectivity index (χ4n) is 3.50. The van der Waals surface area contributed by atoms with E-state index >= 15 is 0 Å². The van der Waals surface area contributed by atoms with Crippen molar-refractivity contribution in [3.8, 4) is 0 Å². The highest BCUT2D eigenvalue weighted by atomic mass is 16.5. The van der Waals surface area contributed by atoms with E-state index in [2.05, 4.69) is 25.8 Å². The Morgan fingerprint density at radius 3 is 2.52 bits per heavy atom. The zero-order valence-electron chi connectivity index (χ0n) is 15.5. The Morgan fingerprint density at radius 2 is 1.85 bits per heavy atom. The van der Waals surface area contributed by atoms with Crippen LogP contribution in [0.15, 0.2) is 29.0 Å². The molecule has 0 unspecified atom stereocenters. The number of hydrogen-bond donors (Lipinski definition) is 2. The minimum atomic E-state index is -0.566. The van der Waals surface area contributed by atoms with Gasteiger partial charge in [0.25, 0.3) is 0 Å². The molecule has 2 amide bonds. The lowest BCUT2D eigenvalue weighted by atomic mass is 9.89. The first-order chi connectivity index (χ1) is 13.1. The van der Waals surface area contributed by atoms with Gasteiger partial charge in [-0.25, -0.2) is 0 Å². The fraction of sp³-hybridized carbons (Fsp3) is 0.526. The van der Waals surface area contributed by atoms with E-state index in [0.29, 0.717) is 23.8 Å². The van der Waals surface area contributed by atoms with Gasteiger partial charge >= 0.3 is 0 Å². The van der Waals surface area contributed by atoms with Crippen LogP contribution < -0.4 is 10.6 Å². The van der Waals surface area contributed by atoms with Gasteiger partial charge in [0, 0.05) is 37.8 Å². The number of carbonyl (C=O) groups excluding carboxylic acids is 2. The number of hydrogen-bond acceptors (Lipinski definition) is 6. The smallest absolute Gasteiger partial charge is 0.227 e. The summed E-state index contributed by atoms with van der Waals surface area (Å²) in [4.78, 5) is 32.2. The molecule has 0 bridgehead atoms. The Bertz CT molecular complexity index is 767. The summed E-state index contributed by atoms with van der Waals surface area (Å²) < 4.78 is 5.36. The van der Waals surface area contributed by atoms with Crippen LogP contribution in [0.25, 0.3) is 0 Å². The highest BCUT2D eigenvalue weighted by Gasteiger charge is 2.38. The molecule has 2 aromatic rings. The van der Waals surface area contributed by atoms with E-state index in [-0.39, 0.29) is 18.2 Å². The predicted octanol–water partition coefficient (Wildman–Crippen LogP) is 2.72. The molecule has 2 N–H and O–H groups in total. The van der Waals surface area contributed by atoms with Crippen molar-refractivity contribution in [2.24, 2.45) is 0 Å². The molecule has 1 saturated carbocycles. The number of amides is 2. The molecule has 3 rings (SSSR count). The first-order valence-electron chi connectivity index (χ1n) is 9.39. The Labute approximate surface area is 158 Å². The standard InChI is InChI=1S/C19H25N5O3/c1-14(25)23-19(10-4-2-3-5-11-19)18-22-17(27-24-18)7-6-16(26)21-15-8-12-20-13-9-15/h8-9,12-13H,2-7,10-11H2,1H3,(H,23,25)(H,20,21,26). The van der Waals surface area contributed by atoms with Crippen molar-refractivity contribution in [3.63, 3.8) is 0 Å². The Hall–Kier alpha value is -2.77. The molecule has 8 nitrogen and oxygen atoms in total. The number of pyridine rings is 1. The summed E-state index contributed by atoms with van der Waals surface area (Å²) in [6.45, 7) is 1.51. The number of anilines is 1. The van der Waals surface area contributed by atoms with Crippen molar-refractivity contribution < 1.29 is 14.1 Å². The Balaban J connectivity index is 1.63. The van der Waals surface area contributed by atoms with E-state index in [1.54, 1.807) is 24.5 Å². The van der Waals surface area contributed by atoms with Crippen LogP contribution in [-0.4, -0.2) is 26.9 Å². The van der Waals surface area contributed by atoms with Gasteiger partial charge in [0.05, 0.1) is 0 Å². The van der Waals surface area contributed by atoms with Crippen molar-refractivity contribution >= 4 is 17.5 Å². The summed E-state index contributed by atoms with van der Waals surface area (Å²) in [5.74, 6) is 0.694. The van der Waals surface area contributed by atoms with Gasteiger partial charge in [-0.2, -0.15) is 4.98 Å². The molecular weight excluding hydrogens is 346 g/mol. The molecule has 0 saturated heterocycles. The van der Waals surface area contributed by atoms with Gasteiger partial charge in [-0.15, -0.1) is 0 Å². The summed E-state index contributed by atoms with van der Waals surface area (Å²) in [5.41, 5.74) is 0.132. The topological polar surface area (TPSA) is 110 Å². The maximum atomic E-state index is 12.1. The first kappa shape index (κ1) is 19.0. The molecule has 0 aromatic carbocycles. The molecule has 0 radical (unpaired) electrons. The number of aryl methyl sites for hydroxylation is 1. The summed E-state index contributed by atoms with van der Waals surface area (Å²) in [6, 6.07) is 3.46. The Morgan fingerprint density at radius 1 is 1.15 bits per heavy atom. The fourth-order valence-corrected chi connectivity index (χ4v) is 3.50. The van der Waals surface area contributed by atoms with Crippen LogP contribution in [0.3, 0.4) is 0 Å². The van der Waals surface area contributed by atoms with Crippen molar-refractivity contribution in [1.82, 2.24) is 20.4 Å². The van der Waals surface area contributed by atoms with Crippen molar-refractivity contribution in [3.05, 3.63) is 36.2 Å². The quantitative estimate of drug-likeness (QED) is 0.756. The molecule has 27 heavy (non-hydrogen) atoms. The second-order valence-corrected chi connectivity index (χ2v) is 6.97. The lowest BCUT2D eigenvalue weighted by Gasteiger charge is -2.30. The van der Waals surface area contributed by atoms with Crippen LogP contribution in [0.5, 0.6) is 0 Å². The van der Waals surface area contributed by atoms with Gasteiger partial charge < -0.3 is 15.2 Å². The molecule has 8 heteroatoms. The van der Waals surface area contributed by atoms with Gasteiger partial charge in [-0.3, -0.25) is 14.6 Å². The minimum Gasteiger partial charge on any atom is -0.343 e. The van der Waals surface area contributed by atoms with Gasteiger partial charge in [0.15, 0.2) is 5.82 Å². The van der Waals surface area contributed by atoms with E-state index < -0.39 is 5.54 Å². The molecule has 1 fully saturated rings.